The summed E-state index contributed by atoms with van der Waals surface area (Å²) in [6.07, 6.45) is 7.17. The molecule has 1 heterocycles. The molecule has 0 bridgehead atoms. The quantitative estimate of drug-likeness (QED) is 0.597. The second-order valence-electron chi connectivity index (χ2n) is 5.83. The zero-order chi connectivity index (χ0) is 15.3. The molecule has 0 saturated heterocycles. The number of rotatable bonds is 7. The summed E-state index contributed by atoms with van der Waals surface area (Å²) >= 11 is 1.57. The standard InChI is InChI=1S/C15H27N5S/c1-5-16-12-10-13(19-14(18-12)21-4)17-11-15(20(2)3)8-6-7-9-15/h10H,5-9,11H2,1-4H3,(H2,16,17,18,19). The SMILES string of the molecule is CCNc1cc(NCC2(N(C)C)CCCC2)nc(SC)n1. The van der Waals surface area contributed by atoms with E-state index in [1.807, 2.05) is 12.3 Å². The molecule has 1 saturated carbocycles. The van der Waals surface area contributed by atoms with E-state index < -0.39 is 0 Å². The van der Waals surface area contributed by atoms with Crippen molar-refractivity contribution in [1.29, 1.82) is 0 Å². The fourth-order valence-electron chi connectivity index (χ4n) is 2.95. The van der Waals surface area contributed by atoms with Crippen LogP contribution in [0.5, 0.6) is 0 Å². The maximum atomic E-state index is 4.57. The Bertz CT molecular complexity index is 457. The predicted octanol–water partition coefficient (Wildman–Crippen LogP) is 2.92. The molecule has 6 heteroatoms. The van der Waals surface area contributed by atoms with Crippen LogP contribution in [0.3, 0.4) is 0 Å². The molecule has 2 rings (SSSR count). The highest BCUT2D eigenvalue weighted by Gasteiger charge is 2.35. The molecule has 1 aromatic heterocycles. The fourth-order valence-corrected chi connectivity index (χ4v) is 3.33. The predicted molar refractivity (Wildman–Crippen MR) is 91.4 cm³/mol. The smallest absolute Gasteiger partial charge is 0.191 e. The van der Waals surface area contributed by atoms with Gasteiger partial charge in [0.1, 0.15) is 11.6 Å². The molecule has 0 atom stereocenters. The van der Waals surface area contributed by atoms with Crippen LogP contribution in [-0.2, 0) is 0 Å². The van der Waals surface area contributed by atoms with Gasteiger partial charge in [-0.2, -0.15) is 0 Å². The van der Waals surface area contributed by atoms with Gasteiger partial charge in [0.05, 0.1) is 0 Å². The lowest BCUT2D eigenvalue weighted by atomic mass is 9.96. The van der Waals surface area contributed by atoms with Crippen molar-refractivity contribution < 1.29 is 0 Å². The lowest BCUT2D eigenvalue weighted by molar-refractivity contribution is 0.172. The minimum atomic E-state index is 0.267. The maximum Gasteiger partial charge on any atom is 0.191 e. The van der Waals surface area contributed by atoms with Crippen LogP contribution in [0.15, 0.2) is 11.2 Å². The zero-order valence-electron chi connectivity index (χ0n) is 13.6. The lowest BCUT2D eigenvalue weighted by Crippen LogP contribution is -2.47. The van der Waals surface area contributed by atoms with Gasteiger partial charge in [0.2, 0.25) is 0 Å². The average Bonchev–Trinajstić information content (AvgIpc) is 2.95. The second kappa shape index (κ2) is 7.31. The van der Waals surface area contributed by atoms with Gasteiger partial charge in [0.15, 0.2) is 5.16 Å². The van der Waals surface area contributed by atoms with Crippen molar-refractivity contribution in [3.63, 3.8) is 0 Å². The van der Waals surface area contributed by atoms with E-state index in [-0.39, 0.29) is 5.54 Å². The number of nitrogens with zero attached hydrogens (tertiary/aromatic N) is 3. The molecule has 0 unspecified atom stereocenters. The lowest BCUT2D eigenvalue weighted by Gasteiger charge is -2.36. The number of aromatic nitrogens is 2. The van der Waals surface area contributed by atoms with Crippen molar-refractivity contribution >= 4 is 23.4 Å². The maximum absolute atomic E-state index is 4.57. The van der Waals surface area contributed by atoms with Crippen molar-refractivity contribution in [3.05, 3.63) is 6.07 Å². The van der Waals surface area contributed by atoms with Gasteiger partial charge in [-0.1, -0.05) is 24.6 Å². The Balaban J connectivity index is 2.09. The highest BCUT2D eigenvalue weighted by Crippen LogP contribution is 2.34. The summed E-state index contributed by atoms with van der Waals surface area (Å²) < 4.78 is 0. The molecule has 1 aliphatic carbocycles. The molecule has 0 aliphatic heterocycles. The van der Waals surface area contributed by atoms with Gasteiger partial charge >= 0.3 is 0 Å². The van der Waals surface area contributed by atoms with Crippen LogP contribution in [0.4, 0.5) is 11.6 Å². The van der Waals surface area contributed by atoms with Crippen LogP contribution < -0.4 is 10.6 Å². The van der Waals surface area contributed by atoms with E-state index in [2.05, 4.69) is 46.5 Å². The minimum Gasteiger partial charge on any atom is -0.370 e. The Labute approximate surface area is 132 Å². The van der Waals surface area contributed by atoms with Gasteiger partial charge < -0.3 is 15.5 Å². The molecule has 2 N–H and O–H groups in total. The summed E-state index contributed by atoms with van der Waals surface area (Å²) in [4.78, 5) is 11.4. The average molecular weight is 309 g/mol. The van der Waals surface area contributed by atoms with Crippen LogP contribution in [0.25, 0.3) is 0 Å². The summed E-state index contributed by atoms with van der Waals surface area (Å²) in [7, 11) is 4.37. The minimum absolute atomic E-state index is 0.267. The van der Waals surface area contributed by atoms with Crippen LogP contribution in [0.2, 0.25) is 0 Å². The summed E-state index contributed by atoms with van der Waals surface area (Å²) in [5.74, 6) is 1.81. The Morgan fingerprint density at radius 3 is 2.33 bits per heavy atom. The third-order valence-electron chi connectivity index (χ3n) is 4.33. The molecule has 21 heavy (non-hydrogen) atoms. The normalized spacial score (nSPS) is 17.2. The van der Waals surface area contributed by atoms with E-state index in [4.69, 9.17) is 0 Å². The third-order valence-corrected chi connectivity index (χ3v) is 4.88. The van der Waals surface area contributed by atoms with Gasteiger partial charge in [0, 0.05) is 24.7 Å². The van der Waals surface area contributed by atoms with Crippen molar-refractivity contribution in [1.82, 2.24) is 14.9 Å². The van der Waals surface area contributed by atoms with E-state index in [1.54, 1.807) is 11.8 Å². The highest BCUT2D eigenvalue weighted by molar-refractivity contribution is 7.98. The largest absolute Gasteiger partial charge is 0.370 e. The first-order valence-corrected chi connectivity index (χ1v) is 8.90. The van der Waals surface area contributed by atoms with E-state index >= 15 is 0 Å². The second-order valence-corrected chi connectivity index (χ2v) is 6.61. The molecule has 1 fully saturated rings. The van der Waals surface area contributed by atoms with Crippen LogP contribution in [0.1, 0.15) is 32.6 Å². The van der Waals surface area contributed by atoms with Gasteiger partial charge in [-0.05, 0) is 40.1 Å². The molecule has 1 aliphatic rings. The molecule has 0 aromatic carbocycles. The summed E-state index contributed by atoms with van der Waals surface area (Å²) in [6, 6.07) is 2.00. The van der Waals surface area contributed by atoms with Crippen LogP contribution >= 0.6 is 11.8 Å². The number of hydrogen-bond donors (Lipinski definition) is 2. The van der Waals surface area contributed by atoms with Crippen molar-refractivity contribution in [2.75, 3.05) is 44.1 Å². The monoisotopic (exact) mass is 309 g/mol. The Morgan fingerprint density at radius 2 is 1.81 bits per heavy atom. The first-order chi connectivity index (χ1) is 10.1. The van der Waals surface area contributed by atoms with E-state index in [0.29, 0.717) is 0 Å². The van der Waals surface area contributed by atoms with Gasteiger partial charge in [-0.15, -0.1) is 0 Å². The third kappa shape index (κ3) is 4.01. The Kier molecular flexibility index (Phi) is 5.70. The van der Waals surface area contributed by atoms with Crippen molar-refractivity contribution in [3.8, 4) is 0 Å². The van der Waals surface area contributed by atoms with E-state index in [9.17, 15) is 0 Å². The highest BCUT2D eigenvalue weighted by atomic mass is 32.2. The molecule has 118 valence electrons. The molecule has 0 amide bonds. The van der Waals surface area contributed by atoms with Crippen molar-refractivity contribution in [2.45, 2.75) is 43.3 Å². The Hall–Kier alpha value is -1.01. The van der Waals surface area contributed by atoms with Gasteiger partial charge in [-0.25, -0.2) is 9.97 Å². The van der Waals surface area contributed by atoms with Crippen LogP contribution in [0, 0.1) is 0 Å². The van der Waals surface area contributed by atoms with Gasteiger partial charge in [0.25, 0.3) is 0 Å². The first-order valence-electron chi connectivity index (χ1n) is 7.68. The number of hydrogen-bond acceptors (Lipinski definition) is 6. The number of likely N-dealkylation sites (N-methyl/N-ethyl adjacent to an activating group) is 1. The number of thioether (sulfide) groups is 1. The fraction of sp³-hybridized carbons (Fsp3) is 0.733. The summed E-state index contributed by atoms with van der Waals surface area (Å²) in [5.41, 5.74) is 0.267. The molecular weight excluding hydrogens is 282 g/mol. The molecule has 0 radical (unpaired) electrons. The molecule has 0 spiro atoms. The summed E-state index contributed by atoms with van der Waals surface area (Å²) in [5, 5.41) is 7.61. The van der Waals surface area contributed by atoms with Crippen molar-refractivity contribution in [2.24, 2.45) is 0 Å². The van der Waals surface area contributed by atoms with E-state index in [0.717, 1.165) is 29.9 Å². The Morgan fingerprint density at radius 1 is 1.19 bits per heavy atom. The molecular formula is C15H27N5S. The molecule has 5 nitrogen and oxygen atoms in total. The first kappa shape index (κ1) is 16.4. The van der Waals surface area contributed by atoms with E-state index in [1.165, 1.54) is 25.7 Å². The number of anilines is 2. The van der Waals surface area contributed by atoms with Crippen LogP contribution in [-0.4, -0.2) is 53.8 Å². The zero-order valence-corrected chi connectivity index (χ0v) is 14.4. The topological polar surface area (TPSA) is 53.1 Å². The van der Waals surface area contributed by atoms with Gasteiger partial charge in [-0.3, -0.25) is 0 Å². The number of nitrogens with one attached hydrogen (secondary N) is 2. The molecule has 1 aromatic rings. The summed E-state index contributed by atoms with van der Waals surface area (Å²) in [6.45, 7) is 3.88.